The predicted octanol–water partition coefficient (Wildman–Crippen LogP) is 2.90. The van der Waals surface area contributed by atoms with E-state index in [-0.39, 0.29) is 34.7 Å². The molecule has 0 bridgehead atoms. The molecule has 1 N–H and O–H groups in total. The minimum Gasteiger partial charge on any atom is -0.317 e. The summed E-state index contributed by atoms with van der Waals surface area (Å²) in [6.45, 7) is 1.50. The van der Waals surface area contributed by atoms with Gasteiger partial charge in [0.05, 0.1) is 16.2 Å². The lowest BCUT2D eigenvalue weighted by Crippen LogP contribution is -2.44. The Morgan fingerprint density at radius 2 is 1.86 bits per heavy atom. The van der Waals surface area contributed by atoms with Crippen LogP contribution in [-0.2, 0) is 7.05 Å². The van der Waals surface area contributed by atoms with Crippen LogP contribution < -0.4 is 16.4 Å². The van der Waals surface area contributed by atoms with Crippen LogP contribution in [0.1, 0.15) is 18.9 Å². The summed E-state index contributed by atoms with van der Waals surface area (Å²) in [7, 11) is 1.51. The fourth-order valence-electron chi connectivity index (χ4n) is 3.59. The molecule has 3 heterocycles. The van der Waals surface area contributed by atoms with Gasteiger partial charge in [0.1, 0.15) is 5.82 Å². The van der Waals surface area contributed by atoms with E-state index in [0.29, 0.717) is 24.0 Å². The van der Waals surface area contributed by atoms with E-state index in [2.05, 4.69) is 10.3 Å². The van der Waals surface area contributed by atoms with Crippen molar-refractivity contribution >= 4 is 35.2 Å². The lowest BCUT2D eigenvalue weighted by molar-refractivity contribution is 0.365. The summed E-state index contributed by atoms with van der Waals surface area (Å²) in [5.41, 5.74) is 0.0502. The van der Waals surface area contributed by atoms with Gasteiger partial charge < -0.3 is 9.88 Å². The number of nitrogens with one attached hydrogen (secondary N) is 1. The first-order valence-electron chi connectivity index (χ1n) is 8.76. The average molecular weight is 425 g/mol. The van der Waals surface area contributed by atoms with Crippen LogP contribution in [-0.4, -0.2) is 27.2 Å². The average Bonchev–Trinajstić information content (AvgIpc) is 2.68. The molecule has 148 valence electrons. The summed E-state index contributed by atoms with van der Waals surface area (Å²) in [6.07, 6.45) is 1.42. The SMILES string of the molecule is Cl.Cn1c(=O)c(=O)n(C2CCNCC2)c2nc(-c3ccccc3F)c(Cl)cc21. The van der Waals surface area contributed by atoms with Crippen LogP contribution in [0.15, 0.2) is 39.9 Å². The Labute approximate surface area is 171 Å². The molecule has 0 spiro atoms. The molecule has 0 amide bonds. The molecule has 2 aromatic heterocycles. The highest BCUT2D eigenvalue weighted by molar-refractivity contribution is 6.33. The monoisotopic (exact) mass is 424 g/mol. The molecule has 1 aliphatic rings. The van der Waals surface area contributed by atoms with Crippen molar-refractivity contribution in [1.82, 2.24) is 19.4 Å². The third-order valence-electron chi connectivity index (χ3n) is 5.04. The second kappa shape index (κ2) is 8.03. The minimum atomic E-state index is -0.627. The molecule has 9 heteroatoms. The molecule has 3 aromatic rings. The van der Waals surface area contributed by atoms with E-state index in [1.807, 2.05) is 0 Å². The molecule has 1 aromatic carbocycles. The van der Waals surface area contributed by atoms with E-state index in [1.165, 1.54) is 22.2 Å². The number of halogens is 3. The Morgan fingerprint density at radius 3 is 2.54 bits per heavy atom. The van der Waals surface area contributed by atoms with Gasteiger partial charge in [-0.25, -0.2) is 9.37 Å². The maximum Gasteiger partial charge on any atom is 0.318 e. The van der Waals surface area contributed by atoms with Gasteiger partial charge in [-0.05, 0) is 44.1 Å². The zero-order valence-electron chi connectivity index (χ0n) is 15.1. The van der Waals surface area contributed by atoms with Gasteiger partial charge in [0, 0.05) is 18.7 Å². The van der Waals surface area contributed by atoms with Crippen LogP contribution in [0.3, 0.4) is 0 Å². The lowest BCUT2D eigenvalue weighted by Gasteiger charge is -2.26. The molecule has 0 aliphatic carbocycles. The van der Waals surface area contributed by atoms with Gasteiger partial charge in [-0.3, -0.25) is 14.2 Å². The number of piperidine rings is 1. The number of aromatic nitrogens is 3. The van der Waals surface area contributed by atoms with E-state index < -0.39 is 16.9 Å². The zero-order valence-corrected chi connectivity index (χ0v) is 16.7. The summed E-state index contributed by atoms with van der Waals surface area (Å²) in [5, 5.41) is 3.46. The first-order valence-corrected chi connectivity index (χ1v) is 9.14. The van der Waals surface area contributed by atoms with Crippen LogP contribution in [0.25, 0.3) is 22.4 Å². The standard InChI is InChI=1S/C19H18ClFN4O2.ClH/c1-24-15-10-13(20)16(12-4-2-3-5-14(12)21)23-17(15)25(19(27)18(24)26)11-6-8-22-9-7-11;/h2-5,10-11,22H,6-9H2,1H3;1H. The van der Waals surface area contributed by atoms with Crippen molar-refractivity contribution in [2.24, 2.45) is 7.05 Å². The van der Waals surface area contributed by atoms with Crippen molar-refractivity contribution in [3.63, 3.8) is 0 Å². The molecule has 0 unspecified atom stereocenters. The Balaban J connectivity index is 0.00000225. The van der Waals surface area contributed by atoms with Crippen molar-refractivity contribution in [3.8, 4) is 11.3 Å². The van der Waals surface area contributed by atoms with Gasteiger partial charge in [0.15, 0.2) is 5.65 Å². The van der Waals surface area contributed by atoms with Gasteiger partial charge in [-0.2, -0.15) is 0 Å². The van der Waals surface area contributed by atoms with Crippen molar-refractivity contribution in [3.05, 3.63) is 61.9 Å². The van der Waals surface area contributed by atoms with Gasteiger partial charge in [0.2, 0.25) is 0 Å². The maximum absolute atomic E-state index is 14.3. The Hall–Kier alpha value is -2.22. The first kappa shape index (κ1) is 20.5. The van der Waals surface area contributed by atoms with E-state index >= 15 is 0 Å². The highest BCUT2D eigenvalue weighted by atomic mass is 35.5. The van der Waals surface area contributed by atoms with Crippen molar-refractivity contribution < 1.29 is 4.39 Å². The number of benzene rings is 1. The topological polar surface area (TPSA) is 68.9 Å². The fraction of sp³-hybridized carbons (Fsp3) is 0.316. The molecule has 4 rings (SSSR count). The van der Waals surface area contributed by atoms with Crippen molar-refractivity contribution in [2.45, 2.75) is 18.9 Å². The lowest BCUT2D eigenvalue weighted by atomic mass is 10.1. The van der Waals surface area contributed by atoms with Crippen LogP contribution >= 0.6 is 24.0 Å². The quantitative estimate of drug-likeness (QED) is 0.642. The van der Waals surface area contributed by atoms with E-state index in [0.717, 1.165) is 13.1 Å². The van der Waals surface area contributed by atoms with Gasteiger partial charge in [-0.15, -0.1) is 12.4 Å². The molecule has 6 nitrogen and oxygen atoms in total. The molecule has 0 atom stereocenters. The Bertz CT molecular complexity index is 1150. The highest BCUT2D eigenvalue weighted by Crippen LogP contribution is 2.31. The minimum absolute atomic E-state index is 0. The van der Waals surface area contributed by atoms with E-state index in [9.17, 15) is 14.0 Å². The Kier molecular flexibility index (Phi) is 5.88. The Morgan fingerprint density at radius 1 is 1.18 bits per heavy atom. The largest absolute Gasteiger partial charge is 0.318 e. The third-order valence-corrected chi connectivity index (χ3v) is 5.32. The van der Waals surface area contributed by atoms with Crippen molar-refractivity contribution in [2.75, 3.05) is 13.1 Å². The number of hydrogen-bond acceptors (Lipinski definition) is 4. The molecule has 1 saturated heterocycles. The van der Waals surface area contributed by atoms with E-state index in [1.54, 1.807) is 24.3 Å². The normalized spacial score (nSPS) is 14.8. The van der Waals surface area contributed by atoms with Gasteiger partial charge in [0.25, 0.3) is 0 Å². The van der Waals surface area contributed by atoms with Gasteiger partial charge in [-0.1, -0.05) is 23.7 Å². The van der Waals surface area contributed by atoms with Gasteiger partial charge >= 0.3 is 11.1 Å². The number of rotatable bonds is 2. The molecule has 1 fully saturated rings. The summed E-state index contributed by atoms with van der Waals surface area (Å²) in [6, 6.07) is 7.63. The summed E-state index contributed by atoms with van der Waals surface area (Å²) >= 11 is 6.37. The van der Waals surface area contributed by atoms with Crippen LogP contribution in [0.5, 0.6) is 0 Å². The maximum atomic E-state index is 14.3. The van der Waals surface area contributed by atoms with Crippen molar-refractivity contribution in [1.29, 1.82) is 0 Å². The number of nitrogens with zero attached hydrogens (tertiary/aromatic N) is 3. The van der Waals surface area contributed by atoms with Crippen LogP contribution in [0.2, 0.25) is 5.02 Å². The molecular weight excluding hydrogens is 406 g/mol. The molecular formula is C19H19Cl2FN4O2. The number of aryl methyl sites for hydroxylation is 1. The second-order valence-electron chi connectivity index (χ2n) is 6.66. The van der Waals surface area contributed by atoms with Crippen LogP contribution in [0, 0.1) is 5.82 Å². The second-order valence-corrected chi connectivity index (χ2v) is 7.07. The van der Waals surface area contributed by atoms with E-state index in [4.69, 9.17) is 11.6 Å². The fourth-order valence-corrected chi connectivity index (χ4v) is 3.84. The third kappa shape index (κ3) is 3.34. The smallest absolute Gasteiger partial charge is 0.317 e. The summed E-state index contributed by atoms with van der Waals surface area (Å²) in [4.78, 5) is 29.8. The molecule has 1 aliphatic heterocycles. The number of hydrogen-bond donors (Lipinski definition) is 1. The number of pyridine rings is 1. The summed E-state index contributed by atoms with van der Waals surface area (Å²) in [5.74, 6) is -0.452. The first-order chi connectivity index (χ1) is 13.0. The molecule has 28 heavy (non-hydrogen) atoms. The number of fused-ring (bicyclic) bond motifs is 1. The highest BCUT2D eigenvalue weighted by Gasteiger charge is 2.23. The molecule has 0 radical (unpaired) electrons. The summed E-state index contributed by atoms with van der Waals surface area (Å²) < 4.78 is 17.0. The zero-order chi connectivity index (χ0) is 19.1. The van der Waals surface area contributed by atoms with Crippen LogP contribution in [0.4, 0.5) is 4.39 Å². The predicted molar refractivity (Wildman–Crippen MR) is 110 cm³/mol. The molecule has 0 saturated carbocycles.